The minimum Gasteiger partial charge on any atom is -0.494 e. The molecule has 2 aromatic carbocycles. The fourth-order valence-corrected chi connectivity index (χ4v) is 2.15. The van der Waals surface area contributed by atoms with Gasteiger partial charge in [0.05, 0.1) is 6.61 Å². The summed E-state index contributed by atoms with van der Waals surface area (Å²) in [6, 6.07) is 14.8. The van der Waals surface area contributed by atoms with Crippen LogP contribution in [-0.4, -0.2) is 12.5 Å². The zero-order valence-electron chi connectivity index (χ0n) is 11.4. The fraction of sp³-hybridized carbons (Fsp3) is 0.294. The van der Waals surface area contributed by atoms with Gasteiger partial charge in [0.2, 0.25) is 0 Å². The number of benzene rings is 2. The van der Waals surface area contributed by atoms with Gasteiger partial charge >= 0.3 is 0 Å². The largest absolute Gasteiger partial charge is 0.494 e. The van der Waals surface area contributed by atoms with Gasteiger partial charge in [-0.05, 0) is 49.1 Å². The van der Waals surface area contributed by atoms with Crippen LogP contribution in [0.2, 0.25) is 0 Å². The Morgan fingerprint density at radius 3 is 2.68 bits per heavy atom. The van der Waals surface area contributed by atoms with Crippen LogP contribution in [0.5, 0.6) is 5.75 Å². The molecule has 0 aliphatic heterocycles. The Morgan fingerprint density at radius 1 is 1.05 bits per heavy atom. The quantitative estimate of drug-likeness (QED) is 0.552. The van der Waals surface area contributed by atoms with Gasteiger partial charge in [-0.1, -0.05) is 35.9 Å². The first-order valence-corrected chi connectivity index (χ1v) is 7.10. The van der Waals surface area contributed by atoms with E-state index in [0.29, 0.717) is 12.5 Å². The summed E-state index contributed by atoms with van der Waals surface area (Å²) in [6.45, 7) is 4.92. The lowest BCUT2D eigenvalue weighted by Crippen LogP contribution is -1.97. The van der Waals surface area contributed by atoms with Crippen LogP contribution in [0.3, 0.4) is 0 Å². The summed E-state index contributed by atoms with van der Waals surface area (Å²) in [4.78, 5) is 0. The van der Waals surface area contributed by atoms with Crippen LogP contribution in [0.1, 0.15) is 17.5 Å². The number of rotatable bonds is 5. The number of hydrogen-bond acceptors (Lipinski definition) is 1. The van der Waals surface area contributed by atoms with E-state index in [4.69, 9.17) is 16.3 Å². The van der Waals surface area contributed by atoms with E-state index >= 15 is 0 Å². The Morgan fingerprint density at radius 2 is 1.89 bits per heavy atom. The van der Waals surface area contributed by atoms with Gasteiger partial charge in [-0.15, -0.1) is 11.6 Å². The van der Waals surface area contributed by atoms with Gasteiger partial charge in [0.25, 0.3) is 0 Å². The molecule has 0 heterocycles. The molecule has 19 heavy (non-hydrogen) atoms. The lowest BCUT2D eigenvalue weighted by molar-refractivity contribution is 0.318. The molecule has 0 radical (unpaired) electrons. The third-order valence-corrected chi connectivity index (χ3v) is 3.35. The van der Waals surface area contributed by atoms with Gasteiger partial charge in [-0.3, -0.25) is 0 Å². The monoisotopic (exact) mass is 274 g/mol. The highest BCUT2D eigenvalue weighted by molar-refractivity contribution is 6.17. The van der Waals surface area contributed by atoms with Crippen molar-refractivity contribution in [2.75, 3.05) is 12.5 Å². The first-order chi connectivity index (χ1) is 9.20. The number of alkyl halides is 1. The molecule has 0 aromatic heterocycles. The van der Waals surface area contributed by atoms with E-state index in [9.17, 15) is 0 Å². The Labute approximate surface area is 120 Å². The zero-order valence-corrected chi connectivity index (χ0v) is 12.2. The molecule has 2 rings (SSSR count). The van der Waals surface area contributed by atoms with E-state index in [0.717, 1.165) is 12.2 Å². The molecule has 0 saturated carbocycles. The maximum atomic E-state index is 5.69. The van der Waals surface area contributed by atoms with E-state index < -0.39 is 0 Å². The minimum absolute atomic E-state index is 0.636. The van der Waals surface area contributed by atoms with Gasteiger partial charge in [0.1, 0.15) is 5.75 Å². The number of hydrogen-bond donors (Lipinski definition) is 0. The van der Waals surface area contributed by atoms with Crippen LogP contribution in [-0.2, 0) is 0 Å². The van der Waals surface area contributed by atoms with Gasteiger partial charge in [0, 0.05) is 5.88 Å². The molecule has 0 amide bonds. The van der Waals surface area contributed by atoms with E-state index in [1.165, 1.54) is 22.3 Å². The summed E-state index contributed by atoms with van der Waals surface area (Å²) >= 11 is 5.65. The molecule has 2 aromatic rings. The average molecular weight is 275 g/mol. The molecule has 0 aliphatic carbocycles. The smallest absolute Gasteiger partial charge is 0.119 e. The fourth-order valence-electron chi connectivity index (χ4n) is 2.04. The maximum Gasteiger partial charge on any atom is 0.119 e. The summed E-state index contributed by atoms with van der Waals surface area (Å²) in [7, 11) is 0. The van der Waals surface area contributed by atoms with Gasteiger partial charge in [0.15, 0.2) is 0 Å². The Balaban J connectivity index is 2.24. The van der Waals surface area contributed by atoms with Crippen LogP contribution in [0.4, 0.5) is 0 Å². The van der Waals surface area contributed by atoms with Gasteiger partial charge in [-0.25, -0.2) is 0 Å². The van der Waals surface area contributed by atoms with Crippen molar-refractivity contribution in [3.05, 3.63) is 53.6 Å². The molecule has 0 atom stereocenters. The first kappa shape index (κ1) is 14.0. The van der Waals surface area contributed by atoms with Crippen LogP contribution < -0.4 is 4.74 Å². The van der Waals surface area contributed by atoms with E-state index in [-0.39, 0.29) is 0 Å². The standard InChI is InChI=1S/C17H19ClO/c1-13-7-8-14(2)17(11-13)15-5-3-6-16(12-15)19-10-4-9-18/h3,5-8,11-12H,4,9-10H2,1-2H3. The summed E-state index contributed by atoms with van der Waals surface area (Å²) in [5.74, 6) is 1.54. The summed E-state index contributed by atoms with van der Waals surface area (Å²) < 4.78 is 5.69. The molecule has 2 heteroatoms. The lowest BCUT2D eigenvalue weighted by atomic mass is 9.98. The van der Waals surface area contributed by atoms with Crippen LogP contribution in [0.15, 0.2) is 42.5 Å². The number of ether oxygens (including phenoxy) is 1. The molecule has 1 nitrogen and oxygen atoms in total. The molecule has 0 N–H and O–H groups in total. The number of aryl methyl sites for hydroxylation is 2. The zero-order chi connectivity index (χ0) is 13.7. The predicted molar refractivity (Wildman–Crippen MR) is 82.2 cm³/mol. The second-order valence-corrected chi connectivity index (χ2v) is 5.12. The van der Waals surface area contributed by atoms with E-state index in [2.05, 4.69) is 44.2 Å². The molecule has 0 bridgehead atoms. The molecule has 0 saturated heterocycles. The Bertz CT molecular complexity index is 549. The van der Waals surface area contributed by atoms with E-state index in [1.54, 1.807) is 0 Å². The molecule has 0 fully saturated rings. The lowest BCUT2D eigenvalue weighted by Gasteiger charge is -2.10. The molecule has 0 aliphatic rings. The topological polar surface area (TPSA) is 9.23 Å². The third kappa shape index (κ3) is 3.74. The molecular formula is C17H19ClO. The Hall–Kier alpha value is -1.47. The normalized spacial score (nSPS) is 10.5. The van der Waals surface area contributed by atoms with Crippen molar-refractivity contribution >= 4 is 11.6 Å². The average Bonchev–Trinajstić information content (AvgIpc) is 2.42. The van der Waals surface area contributed by atoms with Crippen molar-refractivity contribution in [3.63, 3.8) is 0 Å². The van der Waals surface area contributed by atoms with Crippen molar-refractivity contribution in [1.29, 1.82) is 0 Å². The van der Waals surface area contributed by atoms with Crippen LogP contribution in [0, 0.1) is 13.8 Å². The summed E-state index contributed by atoms with van der Waals surface area (Å²) in [6.07, 6.45) is 0.870. The highest BCUT2D eigenvalue weighted by Gasteiger charge is 2.04. The second kappa shape index (κ2) is 6.63. The number of halogens is 1. The second-order valence-electron chi connectivity index (χ2n) is 4.74. The molecule has 0 spiro atoms. The molecular weight excluding hydrogens is 256 g/mol. The van der Waals surface area contributed by atoms with Crippen molar-refractivity contribution in [3.8, 4) is 16.9 Å². The van der Waals surface area contributed by atoms with Crippen molar-refractivity contribution in [1.82, 2.24) is 0 Å². The third-order valence-electron chi connectivity index (χ3n) is 3.08. The van der Waals surface area contributed by atoms with Crippen LogP contribution >= 0.6 is 11.6 Å². The Kier molecular flexibility index (Phi) is 4.86. The molecule has 0 unspecified atom stereocenters. The van der Waals surface area contributed by atoms with Crippen molar-refractivity contribution < 1.29 is 4.74 Å². The summed E-state index contributed by atoms with van der Waals surface area (Å²) in [5.41, 5.74) is 5.02. The minimum atomic E-state index is 0.636. The first-order valence-electron chi connectivity index (χ1n) is 6.57. The van der Waals surface area contributed by atoms with Gasteiger partial charge in [-0.2, -0.15) is 0 Å². The highest BCUT2D eigenvalue weighted by Crippen LogP contribution is 2.27. The maximum absolute atomic E-state index is 5.69. The van der Waals surface area contributed by atoms with Crippen molar-refractivity contribution in [2.45, 2.75) is 20.3 Å². The van der Waals surface area contributed by atoms with Crippen molar-refractivity contribution in [2.24, 2.45) is 0 Å². The van der Waals surface area contributed by atoms with Crippen LogP contribution in [0.25, 0.3) is 11.1 Å². The SMILES string of the molecule is Cc1ccc(C)c(-c2cccc(OCCCCl)c2)c1. The predicted octanol–water partition coefficient (Wildman–Crippen LogP) is 4.98. The van der Waals surface area contributed by atoms with E-state index in [1.807, 2.05) is 12.1 Å². The molecule has 100 valence electrons. The summed E-state index contributed by atoms with van der Waals surface area (Å²) in [5, 5.41) is 0. The highest BCUT2D eigenvalue weighted by atomic mass is 35.5. The van der Waals surface area contributed by atoms with Gasteiger partial charge < -0.3 is 4.74 Å².